The Morgan fingerprint density at radius 2 is 2.06 bits per heavy atom. The minimum absolute atomic E-state index is 0.640. The molecule has 0 aliphatic heterocycles. The van der Waals surface area contributed by atoms with Crippen molar-refractivity contribution in [2.24, 2.45) is 10.9 Å². The van der Waals surface area contributed by atoms with Crippen LogP contribution in [0, 0.1) is 5.92 Å². The fourth-order valence-corrected chi connectivity index (χ4v) is 1.78. The van der Waals surface area contributed by atoms with Gasteiger partial charge in [-0.05, 0) is 37.7 Å². The van der Waals surface area contributed by atoms with Gasteiger partial charge >= 0.3 is 0 Å². The highest BCUT2D eigenvalue weighted by atomic mass is 19.1. The van der Waals surface area contributed by atoms with Crippen molar-refractivity contribution >= 4 is 11.4 Å². The molecule has 1 unspecified atom stereocenters. The monoisotopic (exact) mass is 231 g/mol. The van der Waals surface area contributed by atoms with Gasteiger partial charge in [0.15, 0.2) is 0 Å². The molecule has 0 N–H and O–H groups in total. The molecule has 1 aliphatic rings. The van der Waals surface area contributed by atoms with Gasteiger partial charge in [-0.1, -0.05) is 36.9 Å². The van der Waals surface area contributed by atoms with E-state index < -0.39 is 6.17 Å². The normalized spacial score (nSPS) is 17.9. The topological polar surface area (TPSA) is 12.4 Å². The van der Waals surface area contributed by atoms with Crippen molar-refractivity contribution in [3.63, 3.8) is 0 Å². The van der Waals surface area contributed by atoms with E-state index in [1.54, 1.807) is 6.92 Å². The van der Waals surface area contributed by atoms with E-state index in [0.717, 1.165) is 12.0 Å². The average Bonchev–Trinajstić information content (AvgIpc) is 3.13. The molecule has 2 heteroatoms. The number of halogens is 1. The van der Waals surface area contributed by atoms with E-state index in [2.05, 4.69) is 11.6 Å². The molecule has 0 aromatic heterocycles. The molecule has 90 valence electrons. The number of hydrogen-bond acceptors (Lipinski definition) is 1. The summed E-state index contributed by atoms with van der Waals surface area (Å²) in [5.41, 5.74) is 2.26. The summed E-state index contributed by atoms with van der Waals surface area (Å²) in [5, 5.41) is 0. The van der Waals surface area contributed by atoms with E-state index in [-0.39, 0.29) is 0 Å². The van der Waals surface area contributed by atoms with Crippen molar-refractivity contribution in [1.82, 2.24) is 0 Å². The van der Waals surface area contributed by atoms with Crippen LogP contribution in [0.3, 0.4) is 0 Å². The largest absolute Gasteiger partial charge is 0.255 e. The van der Waals surface area contributed by atoms with Gasteiger partial charge in [-0.2, -0.15) is 0 Å². The van der Waals surface area contributed by atoms with Crippen LogP contribution >= 0.6 is 0 Å². The lowest BCUT2D eigenvalue weighted by molar-refractivity contribution is 0.447. The van der Waals surface area contributed by atoms with Crippen LogP contribution < -0.4 is 0 Å². The standard InChI is InChI=1S/C15H18FN/c1-11(16)15(10-13-8-9-13)17-12(2)14-6-4-3-5-7-14/h3-7,11,13H,2,8-10H2,1H3/b17-15+. The third-order valence-electron chi connectivity index (χ3n) is 3.04. The van der Waals surface area contributed by atoms with Crippen molar-refractivity contribution in [1.29, 1.82) is 0 Å². The summed E-state index contributed by atoms with van der Waals surface area (Å²) in [5.74, 6) is 0.649. The Hall–Kier alpha value is -1.44. The Labute approximate surface area is 102 Å². The molecule has 1 atom stereocenters. The van der Waals surface area contributed by atoms with Crippen LogP contribution in [0.5, 0.6) is 0 Å². The van der Waals surface area contributed by atoms with Crippen LogP contribution in [0.25, 0.3) is 5.70 Å². The highest BCUT2D eigenvalue weighted by Crippen LogP contribution is 2.34. The summed E-state index contributed by atoms with van der Waals surface area (Å²) >= 11 is 0. The maximum atomic E-state index is 13.5. The molecule has 0 spiro atoms. The van der Waals surface area contributed by atoms with Crippen LogP contribution in [0.1, 0.15) is 31.7 Å². The molecule has 17 heavy (non-hydrogen) atoms. The maximum Gasteiger partial charge on any atom is 0.135 e. The molecular formula is C15H18FN. The predicted molar refractivity (Wildman–Crippen MR) is 70.8 cm³/mol. The predicted octanol–water partition coefficient (Wildman–Crippen LogP) is 4.26. The van der Waals surface area contributed by atoms with Gasteiger partial charge < -0.3 is 0 Å². The second kappa shape index (κ2) is 5.26. The second-order valence-corrected chi connectivity index (χ2v) is 4.68. The third kappa shape index (κ3) is 3.52. The van der Waals surface area contributed by atoms with E-state index in [1.165, 1.54) is 12.8 Å². The van der Waals surface area contributed by atoms with Crippen molar-refractivity contribution in [3.8, 4) is 0 Å². The van der Waals surface area contributed by atoms with Crippen molar-refractivity contribution in [2.75, 3.05) is 0 Å². The number of nitrogens with zero attached hydrogens (tertiary/aromatic N) is 1. The third-order valence-corrected chi connectivity index (χ3v) is 3.04. The van der Waals surface area contributed by atoms with Crippen molar-refractivity contribution in [2.45, 2.75) is 32.4 Å². The fourth-order valence-electron chi connectivity index (χ4n) is 1.78. The molecule has 0 amide bonds. The van der Waals surface area contributed by atoms with Gasteiger partial charge in [0, 0.05) is 0 Å². The molecule has 2 rings (SSSR count). The van der Waals surface area contributed by atoms with E-state index >= 15 is 0 Å². The fraction of sp³-hybridized carbons (Fsp3) is 0.400. The SMILES string of the molecule is C=C(/N=C(\CC1CC1)C(C)F)c1ccccc1. The minimum Gasteiger partial charge on any atom is -0.255 e. The summed E-state index contributed by atoms with van der Waals surface area (Å²) in [6.07, 6.45) is 2.23. The Balaban J connectivity index is 2.11. The van der Waals surface area contributed by atoms with E-state index in [1.807, 2.05) is 30.3 Å². The highest BCUT2D eigenvalue weighted by molar-refractivity contribution is 5.93. The first-order valence-electron chi connectivity index (χ1n) is 6.12. The molecule has 0 bridgehead atoms. The molecule has 0 radical (unpaired) electrons. The zero-order chi connectivity index (χ0) is 12.3. The van der Waals surface area contributed by atoms with Gasteiger partial charge in [0.25, 0.3) is 0 Å². The molecule has 0 saturated heterocycles. The zero-order valence-electron chi connectivity index (χ0n) is 10.2. The lowest BCUT2D eigenvalue weighted by atomic mass is 10.1. The lowest BCUT2D eigenvalue weighted by Gasteiger charge is -2.08. The Morgan fingerprint density at radius 1 is 1.41 bits per heavy atom. The zero-order valence-corrected chi connectivity index (χ0v) is 10.2. The van der Waals surface area contributed by atoms with Crippen LogP contribution in [0.2, 0.25) is 0 Å². The molecule has 1 nitrogen and oxygen atoms in total. The van der Waals surface area contributed by atoms with Gasteiger partial charge in [0.1, 0.15) is 6.17 Å². The number of hydrogen-bond donors (Lipinski definition) is 0. The van der Waals surface area contributed by atoms with Crippen molar-refractivity contribution < 1.29 is 4.39 Å². The Kier molecular flexibility index (Phi) is 3.72. The van der Waals surface area contributed by atoms with Crippen LogP contribution in [0.4, 0.5) is 4.39 Å². The summed E-state index contributed by atoms with van der Waals surface area (Å²) in [4.78, 5) is 4.37. The van der Waals surface area contributed by atoms with E-state index in [4.69, 9.17) is 0 Å². The Bertz CT molecular complexity index is 416. The van der Waals surface area contributed by atoms with E-state index in [0.29, 0.717) is 17.3 Å². The van der Waals surface area contributed by atoms with Gasteiger partial charge in [-0.3, -0.25) is 4.99 Å². The maximum absolute atomic E-state index is 13.5. The van der Waals surface area contributed by atoms with Gasteiger partial charge in [0.05, 0.1) is 11.4 Å². The number of rotatable bonds is 5. The molecule has 1 fully saturated rings. The van der Waals surface area contributed by atoms with Crippen LogP contribution in [0.15, 0.2) is 41.9 Å². The molecular weight excluding hydrogens is 213 g/mol. The molecule has 1 aromatic carbocycles. The quantitative estimate of drug-likeness (QED) is 0.671. The molecule has 1 aliphatic carbocycles. The summed E-state index contributed by atoms with van der Waals surface area (Å²) in [6.45, 7) is 5.48. The first-order valence-corrected chi connectivity index (χ1v) is 6.12. The van der Waals surface area contributed by atoms with Gasteiger partial charge in [-0.25, -0.2) is 4.39 Å². The molecule has 1 saturated carbocycles. The summed E-state index contributed by atoms with van der Waals surface area (Å²) in [7, 11) is 0. The first-order chi connectivity index (χ1) is 8.16. The minimum atomic E-state index is -0.976. The summed E-state index contributed by atoms with van der Waals surface area (Å²) < 4.78 is 13.5. The van der Waals surface area contributed by atoms with E-state index in [9.17, 15) is 4.39 Å². The first kappa shape index (κ1) is 12.0. The summed E-state index contributed by atoms with van der Waals surface area (Å²) in [6, 6.07) is 9.72. The Morgan fingerprint density at radius 3 is 2.59 bits per heavy atom. The smallest absolute Gasteiger partial charge is 0.135 e. The van der Waals surface area contributed by atoms with Crippen molar-refractivity contribution in [3.05, 3.63) is 42.5 Å². The number of aliphatic imine (C=N–C) groups is 1. The average molecular weight is 231 g/mol. The highest BCUT2D eigenvalue weighted by Gasteiger charge is 2.25. The number of benzene rings is 1. The van der Waals surface area contributed by atoms with Crippen LogP contribution in [-0.4, -0.2) is 11.9 Å². The molecule has 1 aromatic rings. The van der Waals surface area contributed by atoms with Crippen LogP contribution in [-0.2, 0) is 0 Å². The second-order valence-electron chi connectivity index (χ2n) is 4.68. The van der Waals surface area contributed by atoms with Gasteiger partial charge in [-0.15, -0.1) is 0 Å². The molecule has 0 heterocycles. The van der Waals surface area contributed by atoms with Gasteiger partial charge in [0.2, 0.25) is 0 Å². The number of alkyl halides is 1. The lowest BCUT2D eigenvalue weighted by Crippen LogP contribution is -2.12.